The van der Waals surface area contributed by atoms with Gasteiger partial charge in [0.1, 0.15) is 0 Å². The Hall–Kier alpha value is -0.870. The molecule has 1 atom stereocenters. The van der Waals surface area contributed by atoms with Crippen LogP contribution in [0.2, 0.25) is 0 Å². The highest BCUT2D eigenvalue weighted by molar-refractivity contribution is 9.10. The van der Waals surface area contributed by atoms with Crippen molar-refractivity contribution < 1.29 is 9.90 Å². The van der Waals surface area contributed by atoms with E-state index < -0.39 is 6.10 Å². The third-order valence-corrected chi connectivity index (χ3v) is 3.17. The molecule has 1 N–H and O–H groups in total. The summed E-state index contributed by atoms with van der Waals surface area (Å²) < 4.78 is 0.885. The van der Waals surface area contributed by atoms with Gasteiger partial charge >= 0.3 is 0 Å². The fourth-order valence-corrected chi connectivity index (χ4v) is 2.21. The van der Waals surface area contributed by atoms with Gasteiger partial charge in [0.25, 0.3) is 0 Å². The molecule has 1 heterocycles. The van der Waals surface area contributed by atoms with E-state index in [4.69, 9.17) is 0 Å². The van der Waals surface area contributed by atoms with E-state index in [1.165, 1.54) is 0 Å². The molecule has 1 saturated heterocycles. The standard InChI is InChI=1S/C11H12BrNO2/c1-7-2-3-9(12)10(4-7)13-6-8(14)5-11(13)15/h2-4,8,14H,5-6H2,1H3. The number of hydrogen-bond acceptors (Lipinski definition) is 2. The number of carbonyl (C=O) groups excluding carboxylic acids is 1. The number of carbonyl (C=O) groups is 1. The van der Waals surface area contributed by atoms with E-state index in [-0.39, 0.29) is 12.3 Å². The van der Waals surface area contributed by atoms with Crippen LogP contribution in [-0.2, 0) is 4.79 Å². The summed E-state index contributed by atoms with van der Waals surface area (Å²) in [5.74, 6) is -0.0196. The average molecular weight is 270 g/mol. The van der Waals surface area contributed by atoms with Gasteiger partial charge in [0, 0.05) is 4.47 Å². The van der Waals surface area contributed by atoms with Crippen LogP contribution in [-0.4, -0.2) is 23.7 Å². The molecule has 1 fully saturated rings. The number of anilines is 1. The van der Waals surface area contributed by atoms with Gasteiger partial charge in [-0.05, 0) is 40.5 Å². The summed E-state index contributed by atoms with van der Waals surface area (Å²) in [6.07, 6.45) is -0.315. The van der Waals surface area contributed by atoms with Crippen LogP contribution in [0.1, 0.15) is 12.0 Å². The van der Waals surface area contributed by atoms with Crippen LogP contribution in [0.3, 0.4) is 0 Å². The predicted molar refractivity (Wildman–Crippen MR) is 61.9 cm³/mol. The van der Waals surface area contributed by atoms with E-state index in [0.29, 0.717) is 6.54 Å². The van der Waals surface area contributed by atoms with Gasteiger partial charge in [0.2, 0.25) is 5.91 Å². The van der Waals surface area contributed by atoms with Crippen molar-refractivity contribution in [1.29, 1.82) is 0 Å². The molecule has 0 spiro atoms. The maximum atomic E-state index is 11.6. The number of aliphatic hydroxyl groups is 1. The van der Waals surface area contributed by atoms with E-state index >= 15 is 0 Å². The maximum Gasteiger partial charge on any atom is 0.229 e. The minimum absolute atomic E-state index is 0.0196. The van der Waals surface area contributed by atoms with Crippen molar-refractivity contribution in [2.45, 2.75) is 19.4 Å². The number of hydrogen-bond donors (Lipinski definition) is 1. The van der Waals surface area contributed by atoms with Crippen LogP contribution in [0.5, 0.6) is 0 Å². The quantitative estimate of drug-likeness (QED) is 0.846. The molecule has 1 aliphatic rings. The zero-order valence-electron chi connectivity index (χ0n) is 8.40. The van der Waals surface area contributed by atoms with Gasteiger partial charge in [0.15, 0.2) is 0 Å². The van der Waals surface area contributed by atoms with Crippen LogP contribution >= 0.6 is 15.9 Å². The molecular weight excluding hydrogens is 258 g/mol. The lowest BCUT2D eigenvalue weighted by atomic mass is 10.2. The van der Waals surface area contributed by atoms with Crippen molar-refractivity contribution >= 4 is 27.5 Å². The van der Waals surface area contributed by atoms with Crippen molar-refractivity contribution in [2.75, 3.05) is 11.4 Å². The largest absolute Gasteiger partial charge is 0.391 e. The number of nitrogens with zero attached hydrogens (tertiary/aromatic N) is 1. The lowest BCUT2D eigenvalue weighted by Crippen LogP contribution is -2.25. The zero-order valence-corrected chi connectivity index (χ0v) is 9.99. The van der Waals surface area contributed by atoms with Gasteiger partial charge in [-0.25, -0.2) is 0 Å². The number of rotatable bonds is 1. The molecule has 1 unspecified atom stereocenters. The molecule has 0 aliphatic carbocycles. The second-order valence-electron chi connectivity index (χ2n) is 3.82. The number of amides is 1. The Bertz CT molecular complexity index is 406. The van der Waals surface area contributed by atoms with Crippen molar-refractivity contribution in [1.82, 2.24) is 0 Å². The summed E-state index contributed by atoms with van der Waals surface area (Å²) in [5, 5.41) is 9.41. The molecule has 15 heavy (non-hydrogen) atoms. The molecule has 0 aromatic heterocycles. The smallest absolute Gasteiger partial charge is 0.229 e. The van der Waals surface area contributed by atoms with Crippen LogP contribution in [0.25, 0.3) is 0 Å². The molecular formula is C11H12BrNO2. The van der Waals surface area contributed by atoms with Gasteiger partial charge < -0.3 is 10.0 Å². The van der Waals surface area contributed by atoms with E-state index in [9.17, 15) is 9.90 Å². The van der Waals surface area contributed by atoms with Gasteiger partial charge in [-0.1, -0.05) is 6.07 Å². The fourth-order valence-electron chi connectivity index (χ4n) is 1.75. The molecule has 1 amide bonds. The van der Waals surface area contributed by atoms with E-state index in [2.05, 4.69) is 15.9 Å². The molecule has 0 radical (unpaired) electrons. The second-order valence-corrected chi connectivity index (χ2v) is 4.67. The van der Waals surface area contributed by atoms with E-state index in [0.717, 1.165) is 15.7 Å². The third-order valence-electron chi connectivity index (χ3n) is 2.50. The van der Waals surface area contributed by atoms with Gasteiger partial charge in [-0.2, -0.15) is 0 Å². The summed E-state index contributed by atoms with van der Waals surface area (Å²) in [6, 6.07) is 5.84. The molecule has 2 rings (SSSR count). The van der Waals surface area contributed by atoms with E-state index in [1.54, 1.807) is 4.90 Å². The molecule has 1 aromatic rings. The Morgan fingerprint density at radius 2 is 2.27 bits per heavy atom. The minimum Gasteiger partial charge on any atom is -0.391 e. The van der Waals surface area contributed by atoms with Gasteiger partial charge in [-0.3, -0.25) is 4.79 Å². The zero-order chi connectivity index (χ0) is 11.0. The highest BCUT2D eigenvalue weighted by atomic mass is 79.9. The highest BCUT2D eigenvalue weighted by Crippen LogP contribution is 2.30. The first-order valence-electron chi connectivity index (χ1n) is 4.82. The number of halogens is 1. The Kier molecular flexibility index (Phi) is 2.80. The Morgan fingerprint density at radius 1 is 1.53 bits per heavy atom. The SMILES string of the molecule is Cc1ccc(Br)c(N2CC(O)CC2=O)c1. The number of benzene rings is 1. The van der Waals surface area contributed by atoms with Crippen molar-refractivity contribution in [2.24, 2.45) is 0 Å². The lowest BCUT2D eigenvalue weighted by Gasteiger charge is -2.18. The molecule has 4 heteroatoms. The van der Waals surface area contributed by atoms with Gasteiger partial charge in [-0.15, -0.1) is 0 Å². The molecule has 1 aromatic carbocycles. The molecule has 3 nitrogen and oxygen atoms in total. The van der Waals surface area contributed by atoms with E-state index in [1.807, 2.05) is 25.1 Å². The number of β-amino-alcohol motifs (C(OH)–C–C–N with tert-alkyl or cyclic N) is 1. The van der Waals surface area contributed by atoms with Crippen LogP contribution < -0.4 is 4.90 Å². The molecule has 0 bridgehead atoms. The first-order chi connectivity index (χ1) is 7.08. The minimum atomic E-state index is -0.537. The summed E-state index contributed by atoms with van der Waals surface area (Å²) in [7, 11) is 0. The number of aryl methyl sites for hydroxylation is 1. The Morgan fingerprint density at radius 3 is 2.87 bits per heavy atom. The lowest BCUT2D eigenvalue weighted by molar-refractivity contribution is -0.117. The highest BCUT2D eigenvalue weighted by Gasteiger charge is 2.30. The van der Waals surface area contributed by atoms with Gasteiger partial charge in [0.05, 0.1) is 24.8 Å². The summed E-state index contributed by atoms with van der Waals surface area (Å²) in [6.45, 7) is 2.37. The maximum absolute atomic E-state index is 11.6. The molecule has 0 saturated carbocycles. The second kappa shape index (κ2) is 3.94. The van der Waals surface area contributed by atoms with Crippen LogP contribution in [0.4, 0.5) is 5.69 Å². The molecule has 1 aliphatic heterocycles. The summed E-state index contributed by atoms with van der Waals surface area (Å²) >= 11 is 3.41. The Labute approximate surface area is 96.8 Å². The fraction of sp³-hybridized carbons (Fsp3) is 0.364. The topological polar surface area (TPSA) is 40.5 Å². The predicted octanol–water partition coefficient (Wildman–Crippen LogP) is 1.86. The first kappa shape index (κ1) is 10.6. The van der Waals surface area contributed by atoms with Crippen molar-refractivity contribution in [3.8, 4) is 0 Å². The van der Waals surface area contributed by atoms with Crippen molar-refractivity contribution in [3.63, 3.8) is 0 Å². The Balaban J connectivity index is 2.37. The van der Waals surface area contributed by atoms with Crippen LogP contribution in [0, 0.1) is 6.92 Å². The summed E-state index contributed by atoms with van der Waals surface area (Å²) in [5.41, 5.74) is 1.94. The van der Waals surface area contributed by atoms with Crippen LogP contribution in [0.15, 0.2) is 22.7 Å². The van der Waals surface area contributed by atoms with Crippen molar-refractivity contribution in [3.05, 3.63) is 28.2 Å². The molecule has 80 valence electrons. The normalized spacial score (nSPS) is 21.1. The number of aliphatic hydroxyl groups excluding tert-OH is 1. The average Bonchev–Trinajstić information content (AvgIpc) is 2.50. The first-order valence-corrected chi connectivity index (χ1v) is 5.62. The summed E-state index contributed by atoms with van der Waals surface area (Å²) in [4.78, 5) is 13.2. The third kappa shape index (κ3) is 2.06. The monoisotopic (exact) mass is 269 g/mol.